The molecular weight excluding hydrogens is 438 g/mol. The van der Waals surface area contributed by atoms with Crippen LogP contribution in [0.1, 0.15) is 10.7 Å². The predicted molar refractivity (Wildman–Crippen MR) is 105 cm³/mol. The predicted octanol–water partition coefficient (Wildman–Crippen LogP) is 2.76. The van der Waals surface area contributed by atoms with E-state index in [0.29, 0.717) is 13.1 Å². The molecule has 138 valence electrons. The number of amides is 1. The van der Waals surface area contributed by atoms with Gasteiger partial charge in [0.1, 0.15) is 0 Å². The standard InChI is InChI=1S/C17H18BrN3O3S2/c1-13-19-15(12-25-13)5-6-17(22)20-7-9-21(10-8-20)26(23,24)16-4-2-3-14(18)11-16/h2-6,11-12H,7-10H2,1H3/b6-5+. The molecule has 0 bridgehead atoms. The fraction of sp³-hybridized carbons (Fsp3) is 0.294. The molecule has 1 amide bonds. The molecule has 9 heteroatoms. The van der Waals surface area contributed by atoms with E-state index in [1.54, 1.807) is 35.2 Å². The van der Waals surface area contributed by atoms with E-state index in [1.807, 2.05) is 12.3 Å². The molecule has 1 aromatic heterocycles. The third-order valence-electron chi connectivity index (χ3n) is 4.02. The summed E-state index contributed by atoms with van der Waals surface area (Å²) in [7, 11) is -3.55. The summed E-state index contributed by atoms with van der Waals surface area (Å²) >= 11 is 4.83. The maximum Gasteiger partial charge on any atom is 0.246 e. The summed E-state index contributed by atoms with van der Waals surface area (Å²) in [6.45, 7) is 3.21. The van der Waals surface area contributed by atoms with Crippen LogP contribution in [0.5, 0.6) is 0 Å². The van der Waals surface area contributed by atoms with Crippen molar-refractivity contribution >= 4 is 49.3 Å². The molecule has 26 heavy (non-hydrogen) atoms. The van der Waals surface area contributed by atoms with Crippen LogP contribution in [-0.2, 0) is 14.8 Å². The Morgan fingerprint density at radius 1 is 1.27 bits per heavy atom. The molecule has 0 saturated carbocycles. The lowest BCUT2D eigenvalue weighted by molar-refractivity contribution is -0.127. The second kappa shape index (κ2) is 7.99. The summed E-state index contributed by atoms with van der Waals surface area (Å²) in [6.07, 6.45) is 3.18. The molecule has 6 nitrogen and oxygen atoms in total. The first-order valence-corrected chi connectivity index (χ1v) is 11.1. The van der Waals surface area contributed by atoms with E-state index in [4.69, 9.17) is 0 Å². The zero-order valence-electron chi connectivity index (χ0n) is 14.1. The largest absolute Gasteiger partial charge is 0.337 e. The lowest BCUT2D eigenvalue weighted by atomic mass is 10.3. The third-order valence-corrected chi connectivity index (χ3v) is 7.20. The first-order chi connectivity index (χ1) is 12.4. The fourth-order valence-electron chi connectivity index (χ4n) is 2.64. The van der Waals surface area contributed by atoms with E-state index in [1.165, 1.54) is 21.7 Å². The Kier molecular flexibility index (Phi) is 5.91. The minimum absolute atomic E-state index is 0.129. The van der Waals surface area contributed by atoms with Gasteiger partial charge in [-0.25, -0.2) is 13.4 Å². The van der Waals surface area contributed by atoms with Crippen molar-refractivity contribution in [2.75, 3.05) is 26.2 Å². The minimum Gasteiger partial charge on any atom is -0.337 e. The summed E-state index contributed by atoms with van der Waals surface area (Å²) in [4.78, 5) is 18.5. The van der Waals surface area contributed by atoms with E-state index < -0.39 is 10.0 Å². The summed E-state index contributed by atoms with van der Waals surface area (Å²) in [5.41, 5.74) is 0.761. The number of piperazine rings is 1. The van der Waals surface area contributed by atoms with E-state index >= 15 is 0 Å². The monoisotopic (exact) mass is 455 g/mol. The van der Waals surface area contributed by atoms with Crippen molar-refractivity contribution in [3.05, 3.63) is 50.9 Å². The normalized spacial score (nSPS) is 16.3. The summed E-state index contributed by atoms with van der Waals surface area (Å²) in [6, 6.07) is 6.65. The maximum absolute atomic E-state index is 12.7. The van der Waals surface area contributed by atoms with Crippen LogP contribution in [0.25, 0.3) is 6.08 Å². The molecule has 0 aliphatic carbocycles. The minimum atomic E-state index is -3.55. The Hall–Kier alpha value is -1.55. The second-order valence-corrected chi connectivity index (χ2v) is 9.73. The van der Waals surface area contributed by atoms with E-state index in [0.717, 1.165) is 15.2 Å². The highest BCUT2D eigenvalue weighted by Gasteiger charge is 2.29. The number of halogens is 1. The number of carbonyl (C=O) groups is 1. The van der Waals surface area contributed by atoms with Crippen molar-refractivity contribution in [3.63, 3.8) is 0 Å². The van der Waals surface area contributed by atoms with Crippen LogP contribution in [0, 0.1) is 6.92 Å². The van der Waals surface area contributed by atoms with Crippen molar-refractivity contribution in [2.45, 2.75) is 11.8 Å². The Balaban J connectivity index is 1.61. The van der Waals surface area contributed by atoms with Gasteiger partial charge in [-0.05, 0) is 31.2 Å². The number of sulfonamides is 1. The van der Waals surface area contributed by atoms with Crippen molar-refractivity contribution in [1.29, 1.82) is 0 Å². The Morgan fingerprint density at radius 2 is 2.00 bits per heavy atom. The summed E-state index contributed by atoms with van der Waals surface area (Å²) in [5.74, 6) is -0.129. The lowest BCUT2D eigenvalue weighted by Crippen LogP contribution is -2.50. The highest BCUT2D eigenvalue weighted by molar-refractivity contribution is 9.10. The van der Waals surface area contributed by atoms with Crippen LogP contribution in [0.3, 0.4) is 0 Å². The molecule has 0 spiro atoms. The molecule has 2 heterocycles. The van der Waals surface area contributed by atoms with Gasteiger partial charge < -0.3 is 4.90 Å². The van der Waals surface area contributed by atoms with Gasteiger partial charge in [-0.2, -0.15) is 4.31 Å². The first-order valence-electron chi connectivity index (χ1n) is 8.01. The molecule has 0 radical (unpaired) electrons. The molecule has 1 aliphatic rings. The summed E-state index contributed by atoms with van der Waals surface area (Å²) < 4.78 is 27.6. The number of carbonyl (C=O) groups excluding carboxylic acids is 1. The summed E-state index contributed by atoms with van der Waals surface area (Å²) in [5, 5.41) is 2.84. The molecular formula is C17H18BrN3O3S2. The van der Waals surface area contributed by atoms with E-state index in [-0.39, 0.29) is 23.9 Å². The van der Waals surface area contributed by atoms with Gasteiger partial charge in [0, 0.05) is 42.1 Å². The molecule has 0 atom stereocenters. The van der Waals surface area contributed by atoms with Crippen LogP contribution in [0.15, 0.2) is 45.1 Å². The Morgan fingerprint density at radius 3 is 2.62 bits per heavy atom. The third kappa shape index (κ3) is 4.40. The van der Waals surface area contributed by atoms with Crippen LogP contribution in [-0.4, -0.2) is 54.7 Å². The molecule has 1 saturated heterocycles. The van der Waals surface area contributed by atoms with Gasteiger partial charge in [0.05, 0.1) is 15.6 Å². The van der Waals surface area contributed by atoms with Crippen molar-refractivity contribution in [1.82, 2.24) is 14.2 Å². The number of rotatable bonds is 4. The molecule has 1 fully saturated rings. The van der Waals surface area contributed by atoms with Crippen molar-refractivity contribution < 1.29 is 13.2 Å². The highest BCUT2D eigenvalue weighted by Crippen LogP contribution is 2.21. The average molecular weight is 456 g/mol. The van der Waals surface area contributed by atoms with Crippen LogP contribution in [0.2, 0.25) is 0 Å². The Labute approximate surface area is 165 Å². The molecule has 0 unspecified atom stereocenters. The van der Waals surface area contributed by atoms with Gasteiger partial charge in [-0.15, -0.1) is 11.3 Å². The topological polar surface area (TPSA) is 70.6 Å². The van der Waals surface area contributed by atoms with Gasteiger partial charge in [0.15, 0.2) is 0 Å². The maximum atomic E-state index is 12.7. The van der Waals surface area contributed by atoms with E-state index in [9.17, 15) is 13.2 Å². The molecule has 1 aromatic carbocycles. The lowest BCUT2D eigenvalue weighted by Gasteiger charge is -2.33. The zero-order valence-corrected chi connectivity index (χ0v) is 17.3. The quantitative estimate of drug-likeness (QED) is 0.664. The van der Waals surface area contributed by atoms with Gasteiger partial charge in [-0.1, -0.05) is 22.0 Å². The van der Waals surface area contributed by atoms with Gasteiger partial charge >= 0.3 is 0 Å². The van der Waals surface area contributed by atoms with E-state index in [2.05, 4.69) is 20.9 Å². The number of aryl methyl sites for hydroxylation is 1. The van der Waals surface area contributed by atoms with Crippen LogP contribution in [0.4, 0.5) is 0 Å². The molecule has 1 aliphatic heterocycles. The van der Waals surface area contributed by atoms with Crippen LogP contribution < -0.4 is 0 Å². The van der Waals surface area contributed by atoms with Gasteiger partial charge in [-0.3, -0.25) is 4.79 Å². The number of nitrogens with zero attached hydrogens (tertiary/aromatic N) is 3. The second-order valence-electron chi connectivity index (χ2n) is 5.81. The van der Waals surface area contributed by atoms with Crippen molar-refractivity contribution in [3.8, 4) is 0 Å². The smallest absolute Gasteiger partial charge is 0.246 e. The molecule has 2 aromatic rings. The highest BCUT2D eigenvalue weighted by atomic mass is 79.9. The molecule has 3 rings (SSSR count). The van der Waals surface area contributed by atoms with Gasteiger partial charge in [0.2, 0.25) is 15.9 Å². The number of aromatic nitrogens is 1. The molecule has 0 N–H and O–H groups in total. The van der Waals surface area contributed by atoms with Crippen LogP contribution >= 0.6 is 27.3 Å². The zero-order chi connectivity index (χ0) is 18.7. The number of hydrogen-bond donors (Lipinski definition) is 0. The number of benzene rings is 1. The Bertz CT molecular complexity index is 932. The number of hydrogen-bond acceptors (Lipinski definition) is 5. The first kappa shape index (κ1) is 19.2. The SMILES string of the molecule is Cc1nc(/C=C/C(=O)N2CCN(S(=O)(=O)c3cccc(Br)c3)CC2)cs1. The number of thiazole rings is 1. The average Bonchev–Trinajstić information content (AvgIpc) is 3.05. The van der Waals surface area contributed by atoms with Gasteiger partial charge in [0.25, 0.3) is 0 Å². The fourth-order valence-corrected chi connectivity index (χ4v) is 5.24. The van der Waals surface area contributed by atoms with Crippen molar-refractivity contribution in [2.24, 2.45) is 0 Å².